The van der Waals surface area contributed by atoms with Gasteiger partial charge in [0.2, 0.25) is 0 Å². The highest BCUT2D eigenvalue weighted by molar-refractivity contribution is 7.99. The van der Waals surface area contributed by atoms with E-state index < -0.39 is 0 Å². The third-order valence-corrected chi connectivity index (χ3v) is 4.86. The SMILES string of the molecule is CC(N)C(Sc1ccc2c(c1)OCCO2)c1ccccc1. The van der Waals surface area contributed by atoms with Gasteiger partial charge in [-0.15, -0.1) is 11.8 Å². The molecule has 2 N–H and O–H groups in total. The van der Waals surface area contributed by atoms with Crippen LogP contribution in [0.5, 0.6) is 11.5 Å². The molecule has 0 bridgehead atoms. The van der Waals surface area contributed by atoms with Crippen LogP contribution in [0.15, 0.2) is 53.4 Å². The van der Waals surface area contributed by atoms with Crippen molar-refractivity contribution in [3.05, 3.63) is 54.1 Å². The number of hydrogen-bond acceptors (Lipinski definition) is 4. The van der Waals surface area contributed by atoms with Crippen molar-refractivity contribution in [2.24, 2.45) is 5.73 Å². The Morgan fingerprint density at radius 3 is 2.43 bits per heavy atom. The summed E-state index contributed by atoms with van der Waals surface area (Å²) in [6.07, 6.45) is 0. The van der Waals surface area contributed by atoms with Crippen molar-refractivity contribution < 1.29 is 9.47 Å². The molecule has 0 spiro atoms. The van der Waals surface area contributed by atoms with E-state index in [0.717, 1.165) is 16.4 Å². The Balaban J connectivity index is 1.83. The Morgan fingerprint density at radius 1 is 1.00 bits per heavy atom. The summed E-state index contributed by atoms with van der Waals surface area (Å²) in [7, 11) is 0. The van der Waals surface area contributed by atoms with Gasteiger partial charge in [-0.1, -0.05) is 30.3 Å². The monoisotopic (exact) mass is 301 g/mol. The van der Waals surface area contributed by atoms with Crippen molar-refractivity contribution in [3.8, 4) is 11.5 Å². The number of ether oxygens (including phenoxy) is 2. The van der Waals surface area contributed by atoms with Gasteiger partial charge in [0.25, 0.3) is 0 Å². The molecule has 0 aliphatic carbocycles. The molecule has 2 aromatic carbocycles. The van der Waals surface area contributed by atoms with Crippen LogP contribution in [0.25, 0.3) is 0 Å². The van der Waals surface area contributed by atoms with Crippen molar-refractivity contribution in [3.63, 3.8) is 0 Å². The zero-order valence-electron chi connectivity index (χ0n) is 12.0. The molecule has 1 heterocycles. The molecule has 2 aromatic rings. The molecule has 3 nitrogen and oxygen atoms in total. The van der Waals surface area contributed by atoms with E-state index in [1.165, 1.54) is 5.56 Å². The number of thioether (sulfide) groups is 1. The summed E-state index contributed by atoms with van der Waals surface area (Å²) in [5.41, 5.74) is 7.42. The van der Waals surface area contributed by atoms with E-state index in [0.29, 0.717) is 13.2 Å². The maximum Gasteiger partial charge on any atom is 0.162 e. The standard InChI is InChI=1S/C17H19NO2S/c1-12(18)17(13-5-3-2-4-6-13)21-14-7-8-15-16(11-14)20-10-9-19-15/h2-8,11-12,17H,9-10,18H2,1H3. The molecule has 1 aliphatic rings. The van der Waals surface area contributed by atoms with Gasteiger partial charge < -0.3 is 15.2 Å². The maximum absolute atomic E-state index is 6.18. The minimum Gasteiger partial charge on any atom is -0.486 e. The zero-order chi connectivity index (χ0) is 14.7. The lowest BCUT2D eigenvalue weighted by molar-refractivity contribution is 0.171. The van der Waals surface area contributed by atoms with E-state index in [4.69, 9.17) is 15.2 Å². The normalized spacial score (nSPS) is 16.3. The first-order chi connectivity index (χ1) is 10.2. The summed E-state index contributed by atoms with van der Waals surface area (Å²) in [6, 6.07) is 16.5. The number of fused-ring (bicyclic) bond motifs is 1. The Bertz CT molecular complexity index is 601. The van der Waals surface area contributed by atoms with Crippen molar-refractivity contribution >= 4 is 11.8 Å². The predicted octanol–water partition coefficient (Wildman–Crippen LogP) is 3.64. The fourth-order valence-corrected chi connectivity index (χ4v) is 3.49. The van der Waals surface area contributed by atoms with E-state index >= 15 is 0 Å². The van der Waals surface area contributed by atoms with Crippen LogP contribution in [0.3, 0.4) is 0 Å². The summed E-state index contributed by atoms with van der Waals surface area (Å²) >= 11 is 1.76. The molecule has 2 atom stereocenters. The molecule has 21 heavy (non-hydrogen) atoms. The van der Waals surface area contributed by atoms with Crippen molar-refractivity contribution in [2.75, 3.05) is 13.2 Å². The highest BCUT2D eigenvalue weighted by Crippen LogP contribution is 2.41. The number of rotatable bonds is 4. The topological polar surface area (TPSA) is 44.5 Å². The van der Waals surface area contributed by atoms with Crippen molar-refractivity contribution in [2.45, 2.75) is 23.1 Å². The van der Waals surface area contributed by atoms with Gasteiger partial charge in [-0.05, 0) is 30.7 Å². The van der Waals surface area contributed by atoms with Gasteiger partial charge in [-0.3, -0.25) is 0 Å². The second kappa shape index (κ2) is 6.41. The smallest absolute Gasteiger partial charge is 0.162 e. The average Bonchev–Trinajstić information content (AvgIpc) is 2.53. The van der Waals surface area contributed by atoms with E-state index in [1.54, 1.807) is 11.8 Å². The Hall–Kier alpha value is -1.65. The first kappa shape index (κ1) is 14.3. The molecule has 0 radical (unpaired) electrons. The molecule has 4 heteroatoms. The predicted molar refractivity (Wildman–Crippen MR) is 86.1 cm³/mol. The van der Waals surface area contributed by atoms with Gasteiger partial charge >= 0.3 is 0 Å². The van der Waals surface area contributed by atoms with Crippen LogP contribution in [-0.4, -0.2) is 19.3 Å². The quantitative estimate of drug-likeness (QED) is 0.876. The first-order valence-corrected chi connectivity index (χ1v) is 7.99. The molecule has 1 aliphatic heterocycles. The number of hydrogen-bond donors (Lipinski definition) is 1. The van der Waals surface area contributed by atoms with E-state index in [2.05, 4.69) is 30.3 Å². The third kappa shape index (κ3) is 3.34. The molecule has 3 rings (SSSR count). The molecule has 2 unspecified atom stereocenters. The molecule has 0 saturated carbocycles. The second-order valence-electron chi connectivity index (χ2n) is 5.11. The van der Waals surface area contributed by atoms with E-state index in [1.807, 2.05) is 25.1 Å². The lowest BCUT2D eigenvalue weighted by atomic mass is 10.1. The lowest BCUT2D eigenvalue weighted by Gasteiger charge is -2.23. The van der Waals surface area contributed by atoms with Crippen LogP contribution < -0.4 is 15.2 Å². The molecule has 0 aromatic heterocycles. The minimum atomic E-state index is 0.0607. The van der Waals surface area contributed by atoms with Crippen LogP contribution >= 0.6 is 11.8 Å². The van der Waals surface area contributed by atoms with Gasteiger partial charge in [0.1, 0.15) is 13.2 Å². The Labute approximate surface area is 129 Å². The van der Waals surface area contributed by atoms with E-state index in [-0.39, 0.29) is 11.3 Å². The average molecular weight is 301 g/mol. The fraction of sp³-hybridized carbons (Fsp3) is 0.294. The van der Waals surface area contributed by atoms with Crippen LogP contribution in [0.1, 0.15) is 17.7 Å². The summed E-state index contributed by atoms with van der Waals surface area (Å²) in [5, 5.41) is 0.216. The highest BCUT2D eigenvalue weighted by Gasteiger charge is 2.19. The van der Waals surface area contributed by atoms with Crippen LogP contribution in [0.2, 0.25) is 0 Å². The van der Waals surface area contributed by atoms with Crippen LogP contribution in [0.4, 0.5) is 0 Å². The summed E-state index contributed by atoms with van der Waals surface area (Å²) in [5.74, 6) is 1.64. The van der Waals surface area contributed by atoms with Gasteiger partial charge in [-0.25, -0.2) is 0 Å². The van der Waals surface area contributed by atoms with E-state index in [9.17, 15) is 0 Å². The van der Waals surface area contributed by atoms with Gasteiger partial charge in [0.15, 0.2) is 11.5 Å². The molecular formula is C17H19NO2S. The molecule has 0 fully saturated rings. The lowest BCUT2D eigenvalue weighted by Crippen LogP contribution is -2.22. The molecule has 0 saturated heterocycles. The largest absolute Gasteiger partial charge is 0.486 e. The zero-order valence-corrected chi connectivity index (χ0v) is 12.8. The van der Waals surface area contributed by atoms with Crippen molar-refractivity contribution in [1.82, 2.24) is 0 Å². The Morgan fingerprint density at radius 2 is 1.71 bits per heavy atom. The molecule has 110 valence electrons. The highest BCUT2D eigenvalue weighted by atomic mass is 32.2. The van der Waals surface area contributed by atoms with Gasteiger partial charge in [-0.2, -0.15) is 0 Å². The van der Waals surface area contributed by atoms with Crippen molar-refractivity contribution in [1.29, 1.82) is 0 Å². The maximum atomic E-state index is 6.18. The van der Waals surface area contributed by atoms with Crippen LogP contribution in [0, 0.1) is 0 Å². The molecule has 0 amide bonds. The summed E-state index contributed by atoms with van der Waals surface area (Å²) in [6.45, 7) is 3.27. The Kier molecular flexibility index (Phi) is 4.36. The van der Waals surface area contributed by atoms with Gasteiger partial charge in [0.05, 0.1) is 0 Å². The molecular weight excluding hydrogens is 282 g/mol. The fourth-order valence-electron chi connectivity index (χ4n) is 2.37. The second-order valence-corrected chi connectivity index (χ2v) is 6.33. The first-order valence-electron chi connectivity index (χ1n) is 7.11. The summed E-state index contributed by atoms with van der Waals surface area (Å²) in [4.78, 5) is 1.14. The summed E-state index contributed by atoms with van der Waals surface area (Å²) < 4.78 is 11.2. The van der Waals surface area contributed by atoms with Gasteiger partial charge in [0, 0.05) is 16.2 Å². The third-order valence-electron chi connectivity index (χ3n) is 3.38. The number of nitrogens with two attached hydrogens (primary N) is 1. The van der Waals surface area contributed by atoms with Crippen LogP contribution in [-0.2, 0) is 0 Å². The number of benzene rings is 2. The minimum absolute atomic E-state index is 0.0607.